The standard InChI is InChI=1S/C19H19NO6/c1-9-5-12-17(18(22)16(9)19(23)24-2)11(7-15(21)20-12)10-3-4-13-14(6-10)26-8-25-13/h3-4,6,9,11,16H,5,7-8H2,1-2H3,(H,20,21)/t9-,11+,16+/m0/s1. The number of amides is 1. The average Bonchev–Trinajstić information content (AvgIpc) is 3.08. The van der Waals surface area contributed by atoms with Gasteiger partial charge in [0.05, 0.1) is 7.11 Å². The van der Waals surface area contributed by atoms with E-state index in [9.17, 15) is 14.4 Å². The molecule has 2 aliphatic heterocycles. The fraction of sp³-hybridized carbons (Fsp3) is 0.421. The van der Waals surface area contributed by atoms with Gasteiger partial charge in [0.1, 0.15) is 5.92 Å². The quantitative estimate of drug-likeness (QED) is 0.640. The molecule has 4 rings (SSSR count). The maximum absolute atomic E-state index is 13.1. The SMILES string of the molecule is COC(=O)[C@H]1C(=O)C2=C(C[C@@H]1C)NC(=O)C[C@@H]2c1ccc2c(c1)OCO2. The summed E-state index contributed by atoms with van der Waals surface area (Å²) in [5.41, 5.74) is 1.90. The summed E-state index contributed by atoms with van der Waals surface area (Å²) in [4.78, 5) is 37.5. The largest absolute Gasteiger partial charge is 0.468 e. The van der Waals surface area contributed by atoms with Crippen molar-refractivity contribution >= 4 is 17.7 Å². The number of methoxy groups -OCH3 is 1. The Labute approximate surface area is 150 Å². The van der Waals surface area contributed by atoms with Crippen LogP contribution in [0.15, 0.2) is 29.5 Å². The fourth-order valence-electron chi connectivity index (χ4n) is 4.01. The molecule has 0 saturated carbocycles. The van der Waals surface area contributed by atoms with E-state index >= 15 is 0 Å². The Balaban J connectivity index is 1.77. The summed E-state index contributed by atoms with van der Waals surface area (Å²) in [6, 6.07) is 5.41. The Hall–Kier alpha value is -2.83. The van der Waals surface area contributed by atoms with Gasteiger partial charge in [-0.05, 0) is 30.0 Å². The highest BCUT2D eigenvalue weighted by Crippen LogP contribution is 2.44. The third kappa shape index (κ3) is 2.55. The number of Topliss-reactive ketones (excluding diaryl/α,β-unsaturated/α-hetero) is 1. The summed E-state index contributed by atoms with van der Waals surface area (Å²) < 4.78 is 15.6. The summed E-state index contributed by atoms with van der Waals surface area (Å²) >= 11 is 0. The van der Waals surface area contributed by atoms with Gasteiger partial charge in [-0.25, -0.2) is 0 Å². The van der Waals surface area contributed by atoms with Crippen molar-refractivity contribution in [2.75, 3.05) is 13.9 Å². The molecule has 2 heterocycles. The smallest absolute Gasteiger partial charge is 0.316 e. The van der Waals surface area contributed by atoms with Crippen LogP contribution in [0.4, 0.5) is 0 Å². The molecule has 1 aliphatic carbocycles. The molecule has 0 unspecified atom stereocenters. The van der Waals surface area contributed by atoms with Crippen LogP contribution in [0, 0.1) is 11.8 Å². The molecule has 7 nitrogen and oxygen atoms in total. The van der Waals surface area contributed by atoms with Crippen molar-refractivity contribution in [1.82, 2.24) is 5.32 Å². The van der Waals surface area contributed by atoms with E-state index in [-0.39, 0.29) is 30.8 Å². The molecule has 0 saturated heterocycles. The van der Waals surface area contributed by atoms with E-state index < -0.39 is 17.8 Å². The van der Waals surface area contributed by atoms with Gasteiger partial charge < -0.3 is 19.5 Å². The minimum absolute atomic E-state index is 0.136. The van der Waals surface area contributed by atoms with Crippen LogP contribution < -0.4 is 14.8 Å². The summed E-state index contributed by atoms with van der Waals surface area (Å²) in [6.07, 6.45) is 0.597. The highest BCUT2D eigenvalue weighted by atomic mass is 16.7. The zero-order valence-electron chi connectivity index (χ0n) is 14.5. The molecule has 26 heavy (non-hydrogen) atoms. The lowest BCUT2D eigenvalue weighted by Gasteiger charge is -2.36. The number of benzene rings is 1. The Morgan fingerprint density at radius 3 is 2.73 bits per heavy atom. The second kappa shape index (κ2) is 6.16. The second-order valence-corrected chi connectivity index (χ2v) is 6.86. The van der Waals surface area contributed by atoms with Crippen molar-refractivity contribution in [2.45, 2.75) is 25.7 Å². The van der Waals surface area contributed by atoms with E-state index in [0.29, 0.717) is 29.2 Å². The molecular weight excluding hydrogens is 338 g/mol. The van der Waals surface area contributed by atoms with Gasteiger partial charge in [-0.15, -0.1) is 0 Å². The second-order valence-electron chi connectivity index (χ2n) is 6.86. The predicted octanol–water partition coefficient (Wildman–Crippen LogP) is 1.67. The van der Waals surface area contributed by atoms with Crippen molar-refractivity contribution in [3.05, 3.63) is 35.0 Å². The number of ether oxygens (including phenoxy) is 3. The Morgan fingerprint density at radius 2 is 1.96 bits per heavy atom. The summed E-state index contributed by atoms with van der Waals surface area (Å²) in [6.45, 7) is 1.97. The zero-order valence-corrected chi connectivity index (χ0v) is 14.5. The van der Waals surface area contributed by atoms with Crippen LogP contribution in [0.3, 0.4) is 0 Å². The molecule has 0 spiro atoms. The summed E-state index contributed by atoms with van der Waals surface area (Å²) in [5.74, 6) is -1.20. The van der Waals surface area contributed by atoms with Crippen molar-refractivity contribution in [2.24, 2.45) is 11.8 Å². The van der Waals surface area contributed by atoms with Crippen LogP contribution in [0.25, 0.3) is 0 Å². The lowest BCUT2D eigenvalue weighted by atomic mass is 9.70. The maximum atomic E-state index is 13.1. The van der Waals surface area contributed by atoms with E-state index in [0.717, 1.165) is 5.56 Å². The third-order valence-electron chi connectivity index (χ3n) is 5.25. The summed E-state index contributed by atoms with van der Waals surface area (Å²) in [7, 11) is 1.28. The highest BCUT2D eigenvalue weighted by Gasteiger charge is 2.45. The van der Waals surface area contributed by atoms with Crippen molar-refractivity contribution in [1.29, 1.82) is 0 Å². The molecule has 7 heteroatoms. The number of ketones is 1. The Bertz CT molecular complexity index is 842. The first-order valence-corrected chi connectivity index (χ1v) is 8.54. The lowest BCUT2D eigenvalue weighted by molar-refractivity contribution is -0.151. The van der Waals surface area contributed by atoms with Crippen LogP contribution in [0.5, 0.6) is 11.5 Å². The number of carbonyl (C=O) groups is 3. The van der Waals surface area contributed by atoms with Gasteiger partial charge in [0, 0.05) is 23.6 Å². The van der Waals surface area contributed by atoms with Gasteiger partial charge in [0.2, 0.25) is 12.7 Å². The van der Waals surface area contributed by atoms with E-state index in [1.54, 1.807) is 12.1 Å². The van der Waals surface area contributed by atoms with E-state index in [2.05, 4.69) is 5.32 Å². The molecule has 136 valence electrons. The molecule has 0 radical (unpaired) electrons. The van der Waals surface area contributed by atoms with Gasteiger partial charge in [0.25, 0.3) is 0 Å². The number of allylic oxidation sites excluding steroid dienone is 2. The number of hydrogen-bond donors (Lipinski definition) is 1. The third-order valence-corrected chi connectivity index (χ3v) is 5.25. The molecule has 1 aromatic rings. The normalized spacial score (nSPS) is 27.1. The topological polar surface area (TPSA) is 90.9 Å². The van der Waals surface area contributed by atoms with E-state index in [1.807, 2.05) is 13.0 Å². The first-order chi connectivity index (χ1) is 12.5. The average molecular weight is 357 g/mol. The number of rotatable bonds is 2. The van der Waals surface area contributed by atoms with Crippen LogP contribution in [0.2, 0.25) is 0 Å². The van der Waals surface area contributed by atoms with Crippen molar-refractivity contribution in [3.8, 4) is 11.5 Å². The lowest BCUT2D eigenvalue weighted by Crippen LogP contribution is -2.44. The van der Waals surface area contributed by atoms with E-state index in [1.165, 1.54) is 7.11 Å². The van der Waals surface area contributed by atoms with Crippen molar-refractivity contribution < 1.29 is 28.6 Å². The minimum Gasteiger partial charge on any atom is -0.468 e. The van der Waals surface area contributed by atoms with Gasteiger partial charge in [0.15, 0.2) is 17.3 Å². The maximum Gasteiger partial charge on any atom is 0.316 e. The number of nitrogens with one attached hydrogen (secondary N) is 1. The summed E-state index contributed by atoms with van der Waals surface area (Å²) in [5, 5.41) is 2.82. The monoisotopic (exact) mass is 357 g/mol. The van der Waals surface area contributed by atoms with Gasteiger partial charge >= 0.3 is 5.97 Å². The number of fused-ring (bicyclic) bond motifs is 1. The van der Waals surface area contributed by atoms with Crippen LogP contribution >= 0.6 is 0 Å². The highest BCUT2D eigenvalue weighted by molar-refractivity contribution is 6.11. The molecule has 0 fully saturated rings. The molecule has 0 aromatic heterocycles. The van der Waals surface area contributed by atoms with Crippen LogP contribution in [-0.2, 0) is 19.1 Å². The molecule has 3 aliphatic rings. The molecule has 1 N–H and O–H groups in total. The van der Waals surface area contributed by atoms with Gasteiger partial charge in [-0.2, -0.15) is 0 Å². The van der Waals surface area contributed by atoms with Crippen molar-refractivity contribution in [3.63, 3.8) is 0 Å². The van der Waals surface area contributed by atoms with Crippen LogP contribution in [0.1, 0.15) is 31.2 Å². The zero-order chi connectivity index (χ0) is 18.4. The number of hydrogen-bond acceptors (Lipinski definition) is 6. The predicted molar refractivity (Wildman–Crippen MR) is 89.4 cm³/mol. The van der Waals surface area contributed by atoms with Gasteiger partial charge in [-0.1, -0.05) is 13.0 Å². The molecular formula is C19H19NO6. The molecule has 0 bridgehead atoms. The van der Waals surface area contributed by atoms with Crippen LogP contribution in [-0.4, -0.2) is 31.6 Å². The fourth-order valence-corrected chi connectivity index (χ4v) is 4.01. The molecule has 1 amide bonds. The number of esters is 1. The minimum atomic E-state index is -0.842. The Kier molecular flexibility index (Phi) is 3.94. The first-order valence-electron chi connectivity index (χ1n) is 8.54. The molecule has 1 aromatic carbocycles. The Morgan fingerprint density at radius 1 is 1.19 bits per heavy atom. The molecule has 3 atom stereocenters. The van der Waals surface area contributed by atoms with E-state index in [4.69, 9.17) is 14.2 Å². The first kappa shape index (κ1) is 16.6. The number of carbonyl (C=O) groups excluding carboxylic acids is 3. The van der Waals surface area contributed by atoms with Gasteiger partial charge in [-0.3, -0.25) is 14.4 Å².